The van der Waals surface area contributed by atoms with Crippen LogP contribution in [0.5, 0.6) is 5.75 Å². The third-order valence-corrected chi connectivity index (χ3v) is 3.05. The lowest BCUT2D eigenvalue weighted by molar-refractivity contribution is -0.141. The Morgan fingerprint density at radius 2 is 2.44 bits per heavy atom. The highest BCUT2D eigenvalue weighted by molar-refractivity contribution is 5.81. The summed E-state index contributed by atoms with van der Waals surface area (Å²) in [5.74, 6) is 1.24. The molecule has 18 heavy (non-hydrogen) atoms. The van der Waals surface area contributed by atoms with Gasteiger partial charge in [0.05, 0.1) is 13.7 Å². The summed E-state index contributed by atoms with van der Waals surface area (Å²) in [5, 5.41) is 0. The number of carbonyl (C=O) groups excluding carboxylic acids is 1. The summed E-state index contributed by atoms with van der Waals surface area (Å²) >= 11 is 0. The minimum atomic E-state index is -0.246. The maximum Gasteiger partial charge on any atom is 0.328 e. The van der Waals surface area contributed by atoms with E-state index < -0.39 is 0 Å². The van der Waals surface area contributed by atoms with Gasteiger partial charge in [-0.05, 0) is 31.9 Å². The topological polar surface area (TPSA) is 51.7 Å². The standard InChI is InChI=1S/C13H18N2O3/c1-3-18-11-7-4-8-14-12(11)15-9-5-6-10(15)13(16)17-2/h4,7-8,10H,3,5-6,9H2,1-2H3. The van der Waals surface area contributed by atoms with Crippen molar-refractivity contribution in [2.24, 2.45) is 0 Å². The Labute approximate surface area is 107 Å². The van der Waals surface area contributed by atoms with Crippen molar-refractivity contribution in [3.05, 3.63) is 18.3 Å². The number of pyridine rings is 1. The lowest BCUT2D eigenvalue weighted by Crippen LogP contribution is -2.37. The minimum Gasteiger partial charge on any atom is -0.490 e. The van der Waals surface area contributed by atoms with Crippen LogP contribution in [0.1, 0.15) is 19.8 Å². The van der Waals surface area contributed by atoms with Gasteiger partial charge in [-0.2, -0.15) is 0 Å². The Hall–Kier alpha value is -1.78. The number of hydrogen-bond acceptors (Lipinski definition) is 5. The van der Waals surface area contributed by atoms with Crippen LogP contribution in [-0.4, -0.2) is 37.3 Å². The lowest BCUT2D eigenvalue weighted by atomic mass is 10.2. The van der Waals surface area contributed by atoms with E-state index in [2.05, 4.69) is 4.98 Å². The molecule has 0 saturated carbocycles. The van der Waals surface area contributed by atoms with Crippen molar-refractivity contribution in [3.8, 4) is 5.75 Å². The molecule has 0 aliphatic carbocycles. The van der Waals surface area contributed by atoms with Gasteiger partial charge in [-0.1, -0.05) is 0 Å². The fourth-order valence-corrected chi connectivity index (χ4v) is 2.27. The molecule has 1 fully saturated rings. The van der Waals surface area contributed by atoms with E-state index in [-0.39, 0.29) is 12.0 Å². The van der Waals surface area contributed by atoms with Crippen LogP contribution >= 0.6 is 0 Å². The van der Waals surface area contributed by atoms with Gasteiger partial charge in [-0.3, -0.25) is 0 Å². The Morgan fingerprint density at radius 1 is 1.61 bits per heavy atom. The molecule has 0 spiro atoms. The molecule has 1 aliphatic heterocycles. The number of hydrogen-bond donors (Lipinski definition) is 0. The number of rotatable bonds is 4. The largest absolute Gasteiger partial charge is 0.490 e. The summed E-state index contributed by atoms with van der Waals surface area (Å²) in [6.45, 7) is 3.31. The van der Waals surface area contributed by atoms with Crippen molar-refractivity contribution in [2.45, 2.75) is 25.8 Å². The molecule has 0 aromatic carbocycles. The average Bonchev–Trinajstić information content (AvgIpc) is 2.88. The van der Waals surface area contributed by atoms with Crippen molar-refractivity contribution < 1.29 is 14.3 Å². The molecule has 5 nitrogen and oxygen atoms in total. The van der Waals surface area contributed by atoms with Crippen molar-refractivity contribution >= 4 is 11.8 Å². The van der Waals surface area contributed by atoms with E-state index in [4.69, 9.17) is 9.47 Å². The number of nitrogens with zero attached hydrogens (tertiary/aromatic N) is 2. The van der Waals surface area contributed by atoms with Gasteiger partial charge >= 0.3 is 5.97 Å². The minimum absolute atomic E-state index is 0.208. The van der Waals surface area contributed by atoms with Gasteiger partial charge in [0.25, 0.3) is 0 Å². The summed E-state index contributed by atoms with van der Waals surface area (Å²) in [5.41, 5.74) is 0. The molecule has 98 valence electrons. The number of carbonyl (C=O) groups is 1. The van der Waals surface area contributed by atoms with E-state index in [1.54, 1.807) is 6.20 Å². The van der Waals surface area contributed by atoms with Gasteiger partial charge in [-0.15, -0.1) is 0 Å². The molecule has 2 heterocycles. The number of esters is 1. The Bertz CT molecular complexity index is 422. The molecular weight excluding hydrogens is 232 g/mol. The smallest absolute Gasteiger partial charge is 0.328 e. The molecule has 0 amide bonds. The van der Waals surface area contributed by atoms with E-state index in [0.29, 0.717) is 6.61 Å². The molecule has 0 N–H and O–H groups in total. The first-order chi connectivity index (χ1) is 8.77. The number of methoxy groups -OCH3 is 1. The zero-order valence-electron chi connectivity index (χ0n) is 10.8. The second kappa shape index (κ2) is 5.71. The molecule has 0 radical (unpaired) electrons. The Morgan fingerprint density at radius 3 is 3.17 bits per heavy atom. The first kappa shape index (κ1) is 12.7. The highest BCUT2D eigenvalue weighted by Gasteiger charge is 2.33. The first-order valence-electron chi connectivity index (χ1n) is 6.20. The van der Waals surface area contributed by atoms with Crippen LogP contribution in [0.25, 0.3) is 0 Å². The van der Waals surface area contributed by atoms with Crippen LogP contribution in [-0.2, 0) is 9.53 Å². The van der Waals surface area contributed by atoms with Gasteiger partial charge < -0.3 is 14.4 Å². The van der Waals surface area contributed by atoms with Crippen LogP contribution in [0.2, 0.25) is 0 Å². The average molecular weight is 250 g/mol. The highest BCUT2D eigenvalue weighted by atomic mass is 16.5. The summed E-state index contributed by atoms with van der Waals surface area (Å²) in [6, 6.07) is 3.46. The normalized spacial score (nSPS) is 18.8. The van der Waals surface area contributed by atoms with E-state index in [1.807, 2.05) is 24.0 Å². The predicted octanol–water partition coefficient (Wildman–Crippen LogP) is 1.62. The van der Waals surface area contributed by atoms with Gasteiger partial charge in [0, 0.05) is 12.7 Å². The maximum atomic E-state index is 11.7. The zero-order valence-corrected chi connectivity index (χ0v) is 10.8. The number of anilines is 1. The monoisotopic (exact) mass is 250 g/mol. The molecule has 1 unspecified atom stereocenters. The molecule has 1 saturated heterocycles. The van der Waals surface area contributed by atoms with Crippen LogP contribution in [0, 0.1) is 0 Å². The SMILES string of the molecule is CCOc1cccnc1N1CCCC1C(=O)OC. The first-order valence-corrected chi connectivity index (χ1v) is 6.20. The van der Waals surface area contributed by atoms with E-state index >= 15 is 0 Å². The fourth-order valence-electron chi connectivity index (χ4n) is 2.27. The van der Waals surface area contributed by atoms with Gasteiger partial charge in [0.15, 0.2) is 11.6 Å². The van der Waals surface area contributed by atoms with Crippen molar-refractivity contribution in [2.75, 3.05) is 25.2 Å². The van der Waals surface area contributed by atoms with Crippen molar-refractivity contribution in [1.29, 1.82) is 0 Å². The number of aromatic nitrogens is 1. The summed E-state index contributed by atoms with van der Waals surface area (Å²) in [4.78, 5) is 18.0. The number of ether oxygens (including phenoxy) is 2. The highest BCUT2D eigenvalue weighted by Crippen LogP contribution is 2.31. The maximum absolute atomic E-state index is 11.7. The van der Waals surface area contributed by atoms with Crippen LogP contribution in [0.15, 0.2) is 18.3 Å². The predicted molar refractivity (Wildman–Crippen MR) is 67.8 cm³/mol. The zero-order chi connectivity index (χ0) is 13.0. The van der Waals surface area contributed by atoms with Gasteiger partial charge in [0.1, 0.15) is 6.04 Å². The molecule has 1 atom stereocenters. The van der Waals surface area contributed by atoms with Gasteiger partial charge in [0.2, 0.25) is 0 Å². The second-order valence-corrected chi connectivity index (χ2v) is 4.13. The third-order valence-electron chi connectivity index (χ3n) is 3.05. The van der Waals surface area contributed by atoms with Crippen LogP contribution in [0.4, 0.5) is 5.82 Å². The Balaban J connectivity index is 2.27. The second-order valence-electron chi connectivity index (χ2n) is 4.13. The summed E-state index contributed by atoms with van der Waals surface area (Å²) < 4.78 is 10.4. The lowest BCUT2D eigenvalue weighted by Gasteiger charge is -2.25. The van der Waals surface area contributed by atoms with Crippen LogP contribution < -0.4 is 9.64 Å². The molecule has 0 bridgehead atoms. The van der Waals surface area contributed by atoms with Crippen molar-refractivity contribution in [1.82, 2.24) is 4.98 Å². The van der Waals surface area contributed by atoms with Crippen molar-refractivity contribution in [3.63, 3.8) is 0 Å². The van der Waals surface area contributed by atoms with E-state index in [9.17, 15) is 4.79 Å². The molecule has 2 rings (SSSR count). The third kappa shape index (κ3) is 2.39. The Kier molecular flexibility index (Phi) is 4.02. The molecular formula is C13H18N2O3. The fraction of sp³-hybridized carbons (Fsp3) is 0.538. The summed E-state index contributed by atoms with van der Waals surface area (Å²) in [7, 11) is 1.42. The molecule has 1 aliphatic rings. The van der Waals surface area contributed by atoms with E-state index in [1.165, 1.54) is 7.11 Å². The molecule has 5 heteroatoms. The molecule has 1 aromatic heterocycles. The molecule has 1 aromatic rings. The quantitative estimate of drug-likeness (QED) is 0.760. The van der Waals surface area contributed by atoms with Gasteiger partial charge in [-0.25, -0.2) is 9.78 Å². The summed E-state index contributed by atoms with van der Waals surface area (Å²) in [6.07, 6.45) is 3.47. The van der Waals surface area contributed by atoms with E-state index in [0.717, 1.165) is 31.0 Å². The van der Waals surface area contributed by atoms with Crippen LogP contribution in [0.3, 0.4) is 0 Å².